The van der Waals surface area contributed by atoms with E-state index in [0.717, 1.165) is 12.1 Å². The van der Waals surface area contributed by atoms with E-state index in [9.17, 15) is 22.8 Å². The summed E-state index contributed by atoms with van der Waals surface area (Å²) < 4.78 is 37.8. The average molecular weight is 364 g/mol. The van der Waals surface area contributed by atoms with E-state index in [-0.39, 0.29) is 18.4 Å². The summed E-state index contributed by atoms with van der Waals surface area (Å²) in [6.07, 6.45) is -4.31. The second-order valence-electron chi connectivity index (χ2n) is 6.09. The molecule has 0 fully saturated rings. The van der Waals surface area contributed by atoms with Gasteiger partial charge in [-0.2, -0.15) is 13.2 Å². The van der Waals surface area contributed by atoms with Gasteiger partial charge in [-0.3, -0.25) is 9.59 Å². The molecular formula is C19H19F3N2O2. The molecular weight excluding hydrogens is 345 g/mol. The molecule has 0 saturated carbocycles. The molecule has 2 aromatic rings. The Kier molecular flexibility index (Phi) is 5.69. The first kappa shape index (κ1) is 19.5. The van der Waals surface area contributed by atoms with Gasteiger partial charge in [-0.1, -0.05) is 24.3 Å². The summed E-state index contributed by atoms with van der Waals surface area (Å²) in [4.78, 5) is 24.8. The Morgan fingerprint density at radius 2 is 1.46 bits per heavy atom. The maximum Gasteiger partial charge on any atom is 0.416 e. The smallest absolute Gasteiger partial charge is 0.370 e. The summed E-state index contributed by atoms with van der Waals surface area (Å²) in [6.45, 7) is 1.72. The van der Waals surface area contributed by atoms with E-state index in [2.05, 4.69) is 0 Å². The van der Waals surface area contributed by atoms with Gasteiger partial charge in [0.05, 0.1) is 5.56 Å². The highest BCUT2D eigenvalue weighted by Gasteiger charge is 2.30. The van der Waals surface area contributed by atoms with Gasteiger partial charge in [0, 0.05) is 25.1 Å². The summed E-state index contributed by atoms with van der Waals surface area (Å²) in [5.41, 5.74) is 6.17. The number of nitrogens with two attached hydrogens (primary N) is 1. The molecule has 0 spiro atoms. The third kappa shape index (κ3) is 4.62. The van der Waals surface area contributed by atoms with Crippen molar-refractivity contribution < 1.29 is 22.8 Å². The number of halogens is 3. The van der Waals surface area contributed by atoms with Crippen molar-refractivity contribution in [3.63, 3.8) is 0 Å². The van der Waals surface area contributed by atoms with Crippen molar-refractivity contribution in [1.29, 1.82) is 0 Å². The van der Waals surface area contributed by atoms with E-state index in [1.54, 1.807) is 38.2 Å². The molecule has 1 atom stereocenters. The first-order chi connectivity index (χ1) is 12.1. The van der Waals surface area contributed by atoms with Gasteiger partial charge in [0.15, 0.2) is 0 Å². The van der Waals surface area contributed by atoms with Crippen LogP contribution in [0.2, 0.25) is 0 Å². The number of hydrogen-bond donors (Lipinski definition) is 1. The number of alkyl halides is 3. The quantitative estimate of drug-likeness (QED) is 0.879. The highest BCUT2D eigenvalue weighted by atomic mass is 19.4. The summed E-state index contributed by atoms with van der Waals surface area (Å²) in [6, 6.07) is 11.0. The average Bonchev–Trinajstić information content (AvgIpc) is 2.59. The van der Waals surface area contributed by atoms with Crippen LogP contribution in [0.1, 0.15) is 29.3 Å². The molecule has 4 nitrogen and oxygen atoms in total. The van der Waals surface area contributed by atoms with E-state index < -0.39 is 17.6 Å². The third-order valence-corrected chi connectivity index (χ3v) is 4.16. The molecule has 2 amide bonds. The predicted molar refractivity (Wildman–Crippen MR) is 92.2 cm³/mol. The van der Waals surface area contributed by atoms with Gasteiger partial charge >= 0.3 is 6.18 Å². The topological polar surface area (TPSA) is 63.4 Å². The van der Waals surface area contributed by atoms with Gasteiger partial charge in [-0.15, -0.1) is 0 Å². The van der Waals surface area contributed by atoms with Crippen LogP contribution in [-0.2, 0) is 11.0 Å². The van der Waals surface area contributed by atoms with Gasteiger partial charge < -0.3 is 10.6 Å². The Labute approximate surface area is 149 Å². The lowest BCUT2D eigenvalue weighted by Crippen LogP contribution is -2.37. The van der Waals surface area contributed by atoms with Gasteiger partial charge in [0.25, 0.3) is 5.91 Å². The Morgan fingerprint density at radius 3 is 1.88 bits per heavy atom. The lowest BCUT2D eigenvalue weighted by Gasteiger charge is -2.24. The predicted octanol–water partition coefficient (Wildman–Crippen LogP) is 3.71. The molecule has 0 aliphatic heterocycles. The lowest BCUT2D eigenvalue weighted by molar-refractivity contribution is -0.137. The van der Waals surface area contributed by atoms with Gasteiger partial charge in [0.2, 0.25) is 5.91 Å². The number of rotatable bonds is 5. The fourth-order valence-electron chi connectivity index (χ4n) is 2.49. The van der Waals surface area contributed by atoms with Crippen molar-refractivity contribution in [3.8, 4) is 11.1 Å². The first-order valence-electron chi connectivity index (χ1n) is 7.92. The molecule has 2 rings (SSSR count). The van der Waals surface area contributed by atoms with Crippen LogP contribution in [0.3, 0.4) is 0 Å². The molecule has 7 heteroatoms. The lowest BCUT2D eigenvalue weighted by atomic mass is 10.0. The highest BCUT2D eigenvalue weighted by Crippen LogP contribution is 2.31. The zero-order valence-corrected chi connectivity index (χ0v) is 14.4. The summed E-state index contributed by atoms with van der Waals surface area (Å²) in [7, 11) is 1.58. The minimum atomic E-state index is -4.37. The normalized spacial score (nSPS) is 12.5. The molecule has 1 unspecified atom stereocenters. The summed E-state index contributed by atoms with van der Waals surface area (Å²) >= 11 is 0. The molecule has 2 N–H and O–H groups in total. The number of benzene rings is 2. The van der Waals surface area contributed by atoms with Crippen LogP contribution in [0.4, 0.5) is 13.2 Å². The van der Waals surface area contributed by atoms with Crippen LogP contribution in [0.25, 0.3) is 11.1 Å². The minimum Gasteiger partial charge on any atom is -0.370 e. The molecule has 0 bridgehead atoms. The van der Waals surface area contributed by atoms with Crippen molar-refractivity contribution in [1.82, 2.24) is 4.90 Å². The monoisotopic (exact) mass is 364 g/mol. The Hall–Kier alpha value is -2.83. The van der Waals surface area contributed by atoms with Crippen LogP contribution < -0.4 is 5.73 Å². The molecule has 26 heavy (non-hydrogen) atoms. The molecule has 138 valence electrons. The Morgan fingerprint density at radius 1 is 1.00 bits per heavy atom. The molecule has 2 aromatic carbocycles. The Balaban J connectivity index is 2.15. The Bertz CT molecular complexity index is 784. The van der Waals surface area contributed by atoms with Crippen LogP contribution in [-0.4, -0.2) is 29.8 Å². The molecule has 0 aromatic heterocycles. The fraction of sp³-hybridized carbons (Fsp3) is 0.263. The standard InChI is InChI=1S/C19H19F3N2O2/c1-12(11-17(23)25)24(2)18(26)15-5-3-13(4-6-15)14-7-9-16(10-8-14)19(20,21)22/h3-10,12H,11H2,1-2H3,(H2,23,25). The zero-order chi connectivity index (χ0) is 19.5. The second kappa shape index (κ2) is 7.59. The molecule has 0 radical (unpaired) electrons. The van der Waals surface area contributed by atoms with E-state index in [4.69, 9.17) is 5.73 Å². The van der Waals surface area contributed by atoms with E-state index in [1.165, 1.54) is 17.0 Å². The summed E-state index contributed by atoms with van der Waals surface area (Å²) in [5, 5.41) is 0. The SMILES string of the molecule is CC(CC(N)=O)N(C)C(=O)c1ccc(-c2ccc(C(F)(F)F)cc2)cc1. The van der Waals surface area contributed by atoms with Crippen molar-refractivity contribution in [2.24, 2.45) is 5.73 Å². The van der Waals surface area contributed by atoms with E-state index in [1.807, 2.05) is 0 Å². The second-order valence-corrected chi connectivity index (χ2v) is 6.09. The highest BCUT2D eigenvalue weighted by molar-refractivity contribution is 5.95. The molecule has 0 heterocycles. The van der Waals surface area contributed by atoms with Crippen LogP contribution in [0.5, 0.6) is 0 Å². The number of carbonyl (C=O) groups is 2. The molecule has 0 aliphatic rings. The number of nitrogens with zero attached hydrogens (tertiary/aromatic N) is 1. The van der Waals surface area contributed by atoms with Crippen molar-refractivity contribution >= 4 is 11.8 Å². The molecule has 0 aliphatic carbocycles. The van der Waals surface area contributed by atoms with Crippen molar-refractivity contribution in [2.45, 2.75) is 25.6 Å². The maximum absolute atomic E-state index is 12.6. The van der Waals surface area contributed by atoms with Gasteiger partial charge in [-0.25, -0.2) is 0 Å². The number of carbonyl (C=O) groups excluding carboxylic acids is 2. The number of primary amides is 1. The van der Waals surface area contributed by atoms with E-state index in [0.29, 0.717) is 16.7 Å². The van der Waals surface area contributed by atoms with Crippen LogP contribution in [0.15, 0.2) is 48.5 Å². The van der Waals surface area contributed by atoms with Crippen LogP contribution in [0, 0.1) is 0 Å². The number of amides is 2. The number of hydrogen-bond acceptors (Lipinski definition) is 2. The van der Waals surface area contributed by atoms with Crippen LogP contribution >= 0.6 is 0 Å². The van der Waals surface area contributed by atoms with Gasteiger partial charge in [0.1, 0.15) is 0 Å². The molecule has 0 saturated heterocycles. The third-order valence-electron chi connectivity index (χ3n) is 4.16. The summed E-state index contributed by atoms with van der Waals surface area (Å²) in [5.74, 6) is -0.757. The van der Waals surface area contributed by atoms with E-state index >= 15 is 0 Å². The van der Waals surface area contributed by atoms with Gasteiger partial charge in [-0.05, 0) is 42.3 Å². The van der Waals surface area contributed by atoms with Crippen molar-refractivity contribution in [3.05, 3.63) is 59.7 Å². The zero-order valence-electron chi connectivity index (χ0n) is 14.4. The largest absolute Gasteiger partial charge is 0.416 e. The maximum atomic E-state index is 12.6. The fourth-order valence-corrected chi connectivity index (χ4v) is 2.49. The first-order valence-corrected chi connectivity index (χ1v) is 7.92. The minimum absolute atomic E-state index is 0.0614. The van der Waals surface area contributed by atoms with Crippen molar-refractivity contribution in [2.75, 3.05) is 7.05 Å².